The normalized spacial score (nSPS) is 10.6. The second kappa shape index (κ2) is 5.28. The molecule has 0 spiro atoms. The fraction of sp³-hybridized carbons (Fsp3) is 0.0625. The number of fused-ring (bicyclic) bond motifs is 1. The molecular weight excluding hydrogens is 269 g/mol. The molecule has 1 heterocycles. The van der Waals surface area contributed by atoms with Gasteiger partial charge in [0, 0.05) is 24.1 Å². The van der Waals surface area contributed by atoms with Crippen molar-refractivity contribution in [3.63, 3.8) is 0 Å². The van der Waals surface area contributed by atoms with Crippen LogP contribution in [0.5, 0.6) is 0 Å². The van der Waals surface area contributed by atoms with Crippen molar-refractivity contribution in [3.05, 3.63) is 54.5 Å². The molecule has 0 saturated heterocycles. The van der Waals surface area contributed by atoms with Gasteiger partial charge in [0.25, 0.3) is 0 Å². The number of anilines is 1. The van der Waals surface area contributed by atoms with Crippen molar-refractivity contribution in [3.8, 4) is 11.4 Å². The number of halogens is 1. The van der Waals surface area contributed by atoms with Gasteiger partial charge >= 0.3 is 0 Å². The molecule has 3 aromatic rings. The Labute approximate surface area is 120 Å². The number of aromatic nitrogens is 2. The first-order valence-corrected chi connectivity index (χ1v) is 6.43. The van der Waals surface area contributed by atoms with Crippen LogP contribution in [0.15, 0.2) is 48.7 Å². The molecule has 0 atom stereocenters. The van der Waals surface area contributed by atoms with E-state index in [0.29, 0.717) is 11.5 Å². The molecule has 104 valence electrons. The summed E-state index contributed by atoms with van der Waals surface area (Å²) < 4.78 is 12.9. The summed E-state index contributed by atoms with van der Waals surface area (Å²) >= 11 is 0. The molecule has 0 aliphatic rings. The van der Waals surface area contributed by atoms with E-state index in [2.05, 4.69) is 15.3 Å². The summed E-state index contributed by atoms with van der Waals surface area (Å²) in [6, 6.07) is 11.5. The highest BCUT2D eigenvalue weighted by molar-refractivity contribution is 6.00. The van der Waals surface area contributed by atoms with Crippen LogP contribution >= 0.6 is 0 Å². The van der Waals surface area contributed by atoms with Crippen LogP contribution in [0, 0.1) is 5.82 Å². The predicted octanol–water partition coefficient (Wildman–Crippen LogP) is 3.39. The first-order valence-electron chi connectivity index (χ1n) is 6.43. The smallest absolute Gasteiger partial charge is 0.221 e. The third-order valence-corrected chi connectivity index (χ3v) is 3.04. The quantitative estimate of drug-likeness (QED) is 0.783. The molecule has 0 aliphatic carbocycles. The maximum atomic E-state index is 12.9. The summed E-state index contributed by atoms with van der Waals surface area (Å²) in [7, 11) is 0. The van der Waals surface area contributed by atoms with E-state index in [4.69, 9.17) is 0 Å². The van der Waals surface area contributed by atoms with Gasteiger partial charge in [0.05, 0.1) is 11.2 Å². The summed E-state index contributed by atoms with van der Waals surface area (Å²) in [5.41, 5.74) is 2.13. The van der Waals surface area contributed by atoms with E-state index in [1.807, 2.05) is 12.1 Å². The molecule has 0 bridgehead atoms. The van der Waals surface area contributed by atoms with Crippen molar-refractivity contribution in [1.29, 1.82) is 0 Å². The van der Waals surface area contributed by atoms with Crippen LogP contribution in [0.4, 0.5) is 10.1 Å². The molecule has 0 unspecified atom stereocenters. The Kier molecular flexibility index (Phi) is 3.31. The lowest BCUT2D eigenvalue weighted by molar-refractivity contribution is -0.114. The van der Waals surface area contributed by atoms with E-state index in [1.165, 1.54) is 19.1 Å². The average Bonchev–Trinajstić information content (AvgIpc) is 2.47. The summed E-state index contributed by atoms with van der Waals surface area (Å²) in [4.78, 5) is 19.9. The summed E-state index contributed by atoms with van der Waals surface area (Å²) in [6.07, 6.45) is 1.66. The number of nitrogens with one attached hydrogen (secondary N) is 1. The summed E-state index contributed by atoms with van der Waals surface area (Å²) in [6.45, 7) is 1.45. The Morgan fingerprint density at radius 2 is 1.90 bits per heavy atom. The van der Waals surface area contributed by atoms with Crippen molar-refractivity contribution in [2.24, 2.45) is 0 Å². The van der Waals surface area contributed by atoms with Gasteiger partial charge in [-0.05, 0) is 36.4 Å². The Morgan fingerprint density at radius 1 is 1.14 bits per heavy atom. The molecule has 5 heteroatoms. The number of carbonyl (C=O) groups excluding carboxylic acids is 1. The first-order chi connectivity index (χ1) is 10.1. The van der Waals surface area contributed by atoms with E-state index < -0.39 is 0 Å². The lowest BCUT2D eigenvalue weighted by atomic mass is 10.1. The van der Waals surface area contributed by atoms with Crippen molar-refractivity contribution < 1.29 is 9.18 Å². The molecule has 0 radical (unpaired) electrons. The maximum absolute atomic E-state index is 12.9. The molecule has 4 nitrogen and oxygen atoms in total. The van der Waals surface area contributed by atoms with Gasteiger partial charge < -0.3 is 5.32 Å². The Balaban J connectivity index is 2.08. The van der Waals surface area contributed by atoms with Gasteiger partial charge in [-0.1, -0.05) is 6.07 Å². The minimum Gasteiger partial charge on any atom is -0.326 e. The van der Waals surface area contributed by atoms with Crippen LogP contribution in [-0.4, -0.2) is 15.9 Å². The second-order valence-electron chi connectivity index (χ2n) is 4.62. The van der Waals surface area contributed by atoms with Crippen LogP contribution in [0.25, 0.3) is 22.3 Å². The van der Waals surface area contributed by atoms with Crippen LogP contribution in [0.3, 0.4) is 0 Å². The standard InChI is InChI=1S/C16H12FN3O/c1-10(21)19-14-3-2-4-15-13(14)9-18-16(20-15)11-5-7-12(17)8-6-11/h2-9H,1H3,(H,19,21). The molecule has 0 aliphatic heterocycles. The van der Waals surface area contributed by atoms with Gasteiger partial charge in [0.1, 0.15) is 5.82 Å². The summed E-state index contributed by atoms with van der Waals surface area (Å²) in [5, 5.41) is 3.51. The Hall–Kier alpha value is -2.82. The number of carbonyl (C=O) groups is 1. The van der Waals surface area contributed by atoms with Crippen molar-refractivity contribution in [2.75, 3.05) is 5.32 Å². The number of rotatable bonds is 2. The molecule has 3 rings (SSSR count). The molecule has 1 amide bonds. The number of benzene rings is 2. The lowest BCUT2D eigenvalue weighted by Gasteiger charge is -2.07. The van der Waals surface area contributed by atoms with Gasteiger partial charge in [-0.25, -0.2) is 14.4 Å². The van der Waals surface area contributed by atoms with E-state index in [1.54, 1.807) is 24.4 Å². The minimum absolute atomic E-state index is 0.148. The van der Waals surface area contributed by atoms with Crippen LogP contribution in [0.1, 0.15) is 6.92 Å². The monoisotopic (exact) mass is 281 g/mol. The third-order valence-electron chi connectivity index (χ3n) is 3.04. The van der Waals surface area contributed by atoms with Crippen molar-refractivity contribution >= 4 is 22.5 Å². The third kappa shape index (κ3) is 2.72. The zero-order valence-corrected chi connectivity index (χ0v) is 11.3. The number of hydrogen-bond acceptors (Lipinski definition) is 3. The van der Waals surface area contributed by atoms with E-state index in [0.717, 1.165) is 16.5 Å². The predicted molar refractivity (Wildman–Crippen MR) is 79.2 cm³/mol. The van der Waals surface area contributed by atoms with Gasteiger partial charge in [-0.15, -0.1) is 0 Å². The van der Waals surface area contributed by atoms with Crippen molar-refractivity contribution in [1.82, 2.24) is 9.97 Å². The van der Waals surface area contributed by atoms with E-state index in [9.17, 15) is 9.18 Å². The van der Waals surface area contributed by atoms with Gasteiger partial charge in [-0.2, -0.15) is 0 Å². The fourth-order valence-corrected chi connectivity index (χ4v) is 2.09. The topological polar surface area (TPSA) is 54.9 Å². The van der Waals surface area contributed by atoms with Crippen LogP contribution in [-0.2, 0) is 4.79 Å². The van der Waals surface area contributed by atoms with E-state index in [-0.39, 0.29) is 11.7 Å². The first kappa shape index (κ1) is 13.2. The van der Waals surface area contributed by atoms with E-state index >= 15 is 0 Å². The van der Waals surface area contributed by atoms with Crippen molar-refractivity contribution in [2.45, 2.75) is 6.92 Å². The van der Waals surface area contributed by atoms with Crippen LogP contribution < -0.4 is 5.32 Å². The molecule has 0 fully saturated rings. The SMILES string of the molecule is CC(=O)Nc1cccc2nc(-c3ccc(F)cc3)ncc12. The highest BCUT2D eigenvalue weighted by Crippen LogP contribution is 2.24. The zero-order chi connectivity index (χ0) is 14.8. The largest absolute Gasteiger partial charge is 0.326 e. The fourth-order valence-electron chi connectivity index (χ4n) is 2.09. The lowest BCUT2D eigenvalue weighted by Crippen LogP contribution is -2.06. The molecular formula is C16H12FN3O. The Bertz CT molecular complexity index is 815. The zero-order valence-electron chi connectivity index (χ0n) is 11.3. The molecule has 2 aromatic carbocycles. The molecule has 21 heavy (non-hydrogen) atoms. The highest BCUT2D eigenvalue weighted by atomic mass is 19.1. The molecule has 0 saturated carbocycles. The number of amides is 1. The maximum Gasteiger partial charge on any atom is 0.221 e. The molecule has 1 N–H and O–H groups in total. The highest BCUT2D eigenvalue weighted by Gasteiger charge is 2.07. The summed E-state index contributed by atoms with van der Waals surface area (Å²) in [5.74, 6) is 0.0695. The van der Waals surface area contributed by atoms with Gasteiger partial charge in [0.15, 0.2) is 5.82 Å². The van der Waals surface area contributed by atoms with Gasteiger partial charge in [-0.3, -0.25) is 4.79 Å². The molecule has 1 aromatic heterocycles. The number of hydrogen-bond donors (Lipinski definition) is 1. The van der Waals surface area contributed by atoms with Crippen LogP contribution in [0.2, 0.25) is 0 Å². The number of nitrogens with zero attached hydrogens (tertiary/aromatic N) is 2. The second-order valence-corrected chi connectivity index (χ2v) is 4.62. The Morgan fingerprint density at radius 3 is 2.62 bits per heavy atom. The minimum atomic E-state index is -0.299. The average molecular weight is 281 g/mol. The van der Waals surface area contributed by atoms with Gasteiger partial charge in [0.2, 0.25) is 5.91 Å².